The summed E-state index contributed by atoms with van der Waals surface area (Å²) in [4.78, 5) is 23.1. The molecule has 55 heavy (non-hydrogen) atoms. The van der Waals surface area contributed by atoms with E-state index in [-0.39, 0.29) is 19.1 Å². The Labute approximate surface area is 340 Å². The largest absolute Gasteiger partial charge is 0.472 e. The molecule has 8 nitrogen and oxygen atoms in total. The van der Waals surface area contributed by atoms with Gasteiger partial charge in [-0.1, -0.05) is 172 Å². The van der Waals surface area contributed by atoms with Crippen molar-refractivity contribution in [3.8, 4) is 0 Å². The fraction of sp³-hybridized carbons (Fsp3) is 0.848. The monoisotopic (exact) mass is 798 g/mol. The van der Waals surface area contributed by atoms with E-state index in [4.69, 9.17) is 9.05 Å². The highest BCUT2D eigenvalue weighted by atomic mass is 31.2. The number of nitrogens with zero attached hydrogens (tertiary/aromatic N) is 1. The van der Waals surface area contributed by atoms with Crippen LogP contribution in [-0.4, -0.2) is 73.4 Å². The number of aliphatic hydroxyl groups is 1. The van der Waals surface area contributed by atoms with Crippen molar-refractivity contribution in [2.75, 3.05) is 40.9 Å². The second-order valence-corrected chi connectivity index (χ2v) is 18.2. The van der Waals surface area contributed by atoms with Gasteiger partial charge >= 0.3 is 7.82 Å². The number of amides is 1. The molecule has 1 amide bonds. The Balaban J connectivity index is 4.45. The molecule has 0 aromatic carbocycles. The molecule has 0 radical (unpaired) electrons. The van der Waals surface area contributed by atoms with Crippen LogP contribution in [-0.2, 0) is 18.4 Å². The second kappa shape index (κ2) is 38.2. The molecular weight excluding hydrogens is 707 g/mol. The summed E-state index contributed by atoms with van der Waals surface area (Å²) in [5.41, 5.74) is 0. The quantitative estimate of drug-likeness (QED) is 0.0246. The van der Waals surface area contributed by atoms with E-state index in [1.54, 1.807) is 6.08 Å². The van der Waals surface area contributed by atoms with Crippen LogP contribution in [0.5, 0.6) is 0 Å². The number of carbonyl (C=O) groups excluding carboxylic acids is 1. The van der Waals surface area contributed by atoms with Crippen LogP contribution in [0.2, 0.25) is 0 Å². The first kappa shape index (κ1) is 53.7. The Morgan fingerprint density at radius 3 is 1.45 bits per heavy atom. The standard InChI is InChI=1S/C46H89N2O6P/c1-6-8-10-12-14-16-18-20-21-22-23-24-25-26-28-29-31-33-35-37-39-45(49)44(43-54-55(51,52)53-42-41-48(3,4)5)47-46(50)40-38-36-34-32-30-27-19-17-15-13-11-9-7-2/h27,29-31,37,39,44-45,49H,6-26,28,32-36,38,40-43H2,1-5H3,(H-,47,50,51,52)/p+1/b30-27-,31-29+,39-37+. The van der Waals surface area contributed by atoms with Crippen molar-refractivity contribution in [3.63, 3.8) is 0 Å². The van der Waals surface area contributed by atoms with E-state index in [0.29, 0.717) is 17.4 Å². The third kappa shape index (κ3) is 40.7. The smallest absolute Gasteiger partial charge is 0.387 e. The zero-order chi connectivity index (χ0) is 40.7. The molecule has 0 heterocycles. The molecule has 0 saturated carbocycles. The van der Waals surface area contributed by atoms with Gasteiger partial charge in [-0.05, 0) is 57.8 Å². The van der Waals surface area contributed by atoms with Gasteiger partial charge in [-0.15, -0.1) is 0 Å². The summed E-state index contributed by atoms with van der Waals surface area (Å²) in [6.45, 7) is 4.77. The molecule has 0 aromatic heterocycles. The van der Waals surface area contributed by atoms with Gasteiger partial charge in [0.25, 0.3) is 0 Å². The number of quaternary nitrogens is 1. The maximum atomic E-state index is 12.8. The highest BCUT2D eigenvalue weighted by Crippen LogP contribution is 2.43. The maximum Gasteiger partial charge on any atom is 0.472 e. The van der Waals surface area contributed by atoms with Crippen LogP contribution in [0, 0.1) is 0 Å². The molecule has 0 fully saturated rings. The number of carbonyl (C=O) groups is 1. The van der Waals surface area contributed by atoms with E-state index in [2.05, 4.69) is 43.5 Å². The lowest BCUT2D eigenvalue weighted by Crippen LogP contribution is -2.45. The molecule has 0 aromatic rings. The van der Waals surface area contributed by atoms with Crippen LogP contribution in [0.3, 0.4) is 0 Å². The highest BCUT2D eigenvalue weighted by Gasteiger charge is 2.27. The van der Waals surface area contributed by atoms with Crippen LogP contribution in [0.4, 0.5) is 0 Å². The third-order valence-corrected chi connectivity index (χ3v) is 11.1. The van der Waals surface area contributed by atoms with E-state index in [1.165, 1.54) is 128 Å². The average molecular weight is 798 g/mol. The van der Waals surface area contributed by atoms with Gasteiger partial charge < -0.3 is 19.8 Å². The number of nitrogens with one attached hydrogen (secondary N) is 1. The molecule has 0 aliphatic rings. The fourth-order valence-electron chi connectivity index (χ4n) is 6.40. The summed E-state index contributed by atoms with van der Waals surface area (Å²) >= 11 is 0. The Morgan fingerprint density at radius 2 is 1.00 bits per heavy atom. The van der Waals surface area contributed by atoms with Crippen LogP contribution in [0.1, 0.15) is 200 Å². The van der Waals surface area contributed by atoms with Gasteiger partial charge in [-0.25, -0.2) is 4.57 Å². The summed E-state index contributed by atoms with van der Waals surface area (Å²) in [5.74, 6) is -0.204. The van der Waals surface area contributed by atoms with Gasteiger partial charge in [0.1, 0.15) is 13.2 Å². The lowest BCUT2D eigenvalue weighted by Gasteiger charge is -2.25. The van der Waals surface area contributed by atoms with Gasteiger partial charge in [0.15, 0.2) is 0 Å². The van der Waals surface area contributed by atoms with Crippen LogP contribution in [0.15, 0.2) is 36.5 Å². The first-order valence-corrected chi connectivity index (χ1v) is 24.4. The molecule has 3 atom stereocenters. The van der Waals surface area contributed by atoms with E-state index >= 15 is 0 Å². The van der Waals surface area contributed by atoms with E-state index in [9.17, 15) is 19.4 Å². The Morgan fingerprint density at radius 1 is 0.600 bits per heavy atom. The number of likely N-dealkylation sites (N-methyl/N-ethyl adjacent to an activating group) is 1. The Kier molecular flexibility index (Phi) is 37.4. The summed E-state index contributed by atoms with van der Waals surface area (Å²) in [5, 5.41) is 13.8. The van der Waals surface area contributed by atoms with Crippen molar-refractivity contribution in [2.24, 2.45) is 0 Å². The summed E-state index contributed by atoms with van der Waals surface area (Å²) in [7, 11) is 1.54. The first-order chi connectivity index (χ1) is 26.5. The summed E-state index contributed by atoms with van der Waals surface area (Å²) < 4.78 is 23.5. The lowest BCUT2D eigenvalue weighted by atomic mass is 10.0. The van der Waals surface area contributed by atoms with E-state index in [1.807, 2.05) is 27.2 Å². The van der Waals surface area contributed by atoms with Gasteiger partial charge in [0.2, 0.25) is 5.91 Å². The van der Waals surface area contributed by atoms with Crippen molar-refractivity contribution in [2.45, 2.75) is 212 Å². The molecular formula is C46H90N2O6P+. The van der Waals surface area contributed by atoms with E-state index in [0.717, 1.165) is 51.4 Å². The number of aliphatic hydroxyl groups excluding tert-OH is 1. The molecule has 0 bridgehead atoms. The molecule has 3 N–H and O–H groups in total. The molecule has 0 aliphatic carbocycles. The van der Waals surface area contributed by atoms with Gasteiger partial charge in [0.05, 0.1) is 39.9 Å². The Bertz CT molecular complexity index is 995. The Hall–Kier alpha value is -1.28. The topological polar surface area (TPSA) is 105 Å². The third-order valence-electron chi connectivity index (χ3n) is 10.1. The van der Waals surface area contributed by atoms with E-state index < -0.39 is 20.0 Å². The number of unbranched alkanes of at least 4 members (excludes halogenated alkanes) is 24. The van der Waals surface area contributed by atoms with Gasteiger partial charge in [-0.2, -0.15) is 0 Å². The predicted molar refractivity (Wildman–Crippen MR) is 235 cm³/mol. The van der Waals surface area contributed by atoms with Crippen LogP contribution >= 0.6 is 7.82 Å². The highest BCUT2D eigenvalue weighted by molar-refractivity contribution is 7.47. The number of hydrogen-bond acceptors (Lipinski definition) is 5. The first-order valence-electron chi connectivity index (χ1n) is 22.9. The molecule has 0 spiro atoms. The minimum atomic E-state index is -4.35. The predicted octanol–water partition coefficient (Wildman–Crippen LogP) is 12.7. The van der Waals surface area contributed by atoms with Crippen LogP contribution in [0.25, 0.3) is 0 Å². The van der Waals surface area contributed by atoms with Gasteiger partial charge in [0, 0.05) is 6.42 Å². The summed E-state index contributed by atoms with van der Waals surface area (Å²) in [6.07, 6.45) is 46.5. The number of hydrogen-bond donors (Lipinski definition) is 3. The number of allylic oxidation sites excluding steroid dienone is 5. The summed E-state index contributed by atoms with van der Waals surface area (Å²) in [6, 6.07) is -0.869. The minimum Gasteiger partial charge on any atom is -0.387 e. The van der Waals surface area contributed by atoms with Crippen molar-refractivity contribution in [1.29, 1.82) is 0 Å². The molecule has 3 unspecified atom stereocenters. The lowest BCUT2D eigenvalue weighted by molar-refractivity contribution is -0.870. The molecule has 0 saturated heterocycles. The maximum absolute atomic E-state index is 12.8. The molecule has 0 aliphatic heterocycles. The van der Waals surface area contributed by atoms with Gasteiger partial charge in [-0.3, -0.25) is 13.8 Å². The zero-order valence-corrected chi connectivity index (χ0v) is 37.6. The number of rotatable bonds is 41. The number of phosphoric acid groups is 1. The van der Waals surface area contributed by atoms with Crippen molar-refractivity contribution in [3.05, 3.63) is 36.5 Å². The molecule has 324 valence electrons. The number of phosphoric ester groups is 1. The molecule has 9 heteroatoms. The van der Waals surface area contributed by atoms with Crippen LogP contribution < -0.4 is 5.32 Å². The van der Waals surface area contributed by atoms with Crippen molar-refractivity contribution in [1.82, 2.24) is 5.32 Å². The van der Waals surface area contributed by atoms with Crippen molar-refractivity contribution < 1.29 is 32.9 Å². The molecule has 0 rings (SSSR count). The normalized spacial score (nSPS) is 14.7. The fourth-order valence-corrected chi connectivity index (χ4v) is 7.14. The van der Waals surface area contributed by atoms with Crippen molar-refractivity contribution >= 4 is 13.7 Å². The minimum absolute atomic E-state index is 0.0535. The second-order valence-electron chi connectivity index (χ2n) is 16.8. The SMILES string of the molecule is CCCCCCCC/C=C\CCCCCC(=O)NC(COP(=O)(O)OCC[N+](C)(C)C)C(O)/C=C/CC/C=C/CCCCCCCCCCCCCCCC. The average Bonchev–Trinajstić information content (AvgIpc) is 3.13. The zero-order valence-electron chi connectivity index (χ0n) is 36.7.